The van der Waals surface area contributed by atoms with Gasteiger partial charge in [0.15, 0.2) is 6.10 Å². The molecule has 2 rings (SSSR count). The van der Waals surface area contributed by atoms with Crippen LogP contribution in [0.1, 0.15) is 6.92 Å². The summed E-state index contributed by atoms with van der Waals surface area (Å²) in [4.78, 5) is 12.2. The zero-order valence-corrected chi connectivity index (χ0v) is 13.6. The minimum absolute atomic E-state index is 0.297. The summed E-state index contributed by atoms with van der Waals surface area (Å²) in [6, 6.07) is 12.1. The highest BCUT2D eigenvalue weighted by molar-refractivity contribution is 6.44. The van der Waals surface area contributed by atoms with Gasteiger partial charge in [0.2, 0.25) is 0 Å². The van der Waals surface area contributed by atoms with E-state index in [0.29, 0.717) is 27.2 Å². The molecule has 1 amide bonds. The fraction of sp³-hybridized carbons (Fsp3) is 0.188. The van der Waals surface area contributed by atoms with Crippen LogP contribution in [-0.4, -0.2) is 19.1 Å². The Hall–Kier alpha value is -1.91. The Morgan fingerprint density at radius 2 is 1.82 bits per heavy atom. The van der Waals surface area contributed by atoms with Crippen molar-refractivity contribution >= 4 is 34.8 Å². The lowest BCUT2D eigenvalue weighted by Crippen LogP contribution is -2.30. The average molecular weight is 340 g/mol. The van der Waals surface area contributed by atoms with Gasteiger partial charge in [-0.05, 0) is 31.2 Å². The number of carbonyl (C=O) groups is 1. The second-order valence-corrected chi connectivity index (χ2v) is 5.31. The molecule has 22 heavy (non-hydrogen) atoms. The lowest BCUT2D eigenvalue weighted by Gasteiger charge is -2.16. The van der Waals surface area contributed by atoms with E-state index >= 15 is 0 Å². The Morgan fingerprint density at radius 3 is 2.55 bits per heavy atom. The van der Waals surface area contributed by atoms with Gasteiger partial charge in [-0.25, -0.2) is 0 Å². The summed E-state index contributed by atoms with van der Waals surface area (Å²) in [5.74, 6) is 0.870. The molecule has 0 unspecified atom stereocenters. The summed E-state index contributed by atoms with van der Waals surface area (Å²) in [6.45, 7) is 1.65. The number of anilines is 1. The van der Waals surface area contributed by atoms with Crippen LogP contribution < -0.4 is 14.8 Å². The van der Waals surface area contributed by atoms with Crippen molar-refractivity contribution in [3.63, 3.8) is 0 Å². The third kappa shape index (κ3) is 4.06. The van der Waals surface area contributed by atoms with Crippen LogP contribution in [0.2, 0.25) is 10.0 Å². The van der Waals surface area contributed by atoms with E-state index < -0.39 is 6.10 Å². The minimum Gasteiger partial charge on any atom is -0.497 e. The number of halogens is 2. The molecule has 4 nitrogen and oxygen atoms in total. The SMILES string of the molecule is COc1cccc(O[C@H](C)C(=O)Nc2cccc(Cl)c2Cl)c1. The standard InChI is InChI=1S/C16H15Cl2NO3/c1-10(22-12-6-3-5-11(9-12)21-2)16(20)19-14-8-4-7-13(17)15(14)18/h3-10H,1-2H3,(H,19,20)/t10-/m1/s1. The molecular formula is C16H15Cl2NO3. The molecule has 0 aliphatic carbocycles. The summed E-state index contributed by atoms with van der Waals surface area (Å²) in [5.41, 5.74) is 0.445. The van der Waals surface area contributed by atoms with Crippen LogP contribution in [-0.2, 0) is 4.79 Å². The van der Waals surface area contributed by atoms with Crippen LogP contribution in [0.15, 0.2) is 42.5 Å². The number of carbonyl (C=O) groups excluding carboxylic acids is 1. The van der Waals surface area contributed by atoms with E-state index in [2.05, 4.69) is 5.32 Å². The molecule has 2 aromatic rings. The highest BCUT2D eigenvalue weighted by Gasteiger charge is 2.17. The molecule has 0 saturated carbocycles. The number of amides is 1. The Bertz CT molecular complexity index is 676. The molecule has 2 aromatic carbocycles. The number of hydrogen-bond acceptors (Lipinski definition) is 3. The molecule has 0 saturated heterocycles. The van der Waals surface area contributed by atoms with Crippen molar-refractivity contribution in [1.29, 1.82) is 0 Å². The van der Waals surface area contributed by atoms with Crippen LogP contribution >= 0.6 is 23.2 Å². The van der Waals surface area contributed by atoms with Crippen molar-refractivity contribution in [2.45, 2.75) is 13.0 Å². The summed E-state index contributed by atoms with van der Waals surface area (Å²) in [6.07, 6.45) is -0.706. The van der Waals surface area contributed by atoms with Gasteiger partial charge in [0.05, 0.1) is 22.8 Å². The monoisotopic (exact) mass is 339 g/mol. The maximum atomic E-state index is 12.2. The number of nitrogens with one attached hydrogen (secondary N) is 1. The zero-order chi connectivity index (χ0) is 16.1. The molecule has 6 heteroatoms. The second kappa shape index (κ2) is 7.38. The molecule has 1 N–H and O–H groups in total. The molecule has 0 fully saturated rings. The van der Waals surface area contributed by atoms with Crippen LogP contribution in [0.25, 0.3) is 0 Å². The van der Waals surface area contributed by atoms with Gasteiger partial charge >= 0.3 is 0 Å². The van der Waals surface area contributed by atoms with E-state index in [1.807, 2.05) is 0 Å². The summed E-state index contributed by atoms with van der Waals surface area (Å²) in [5, 5.41) is 3.36. The van der Waals surface area contributed by atoms with E-state index in [1.54, 1.807) is 56.5 Å². The second-order valence-electron chi connectivity index (χ2n) is 4.53. The molecule has 0 heterocycles. The van der Waals surface area contributed by atoms with E-state index in [1.165, 1.54) is 0 Å². The van der Waals surface area contributed by atoms with Crippen molar-refractivity contribution in [3.05, 3.63) is 52.5 Å². The van der Waals surface area contributed by atoms with Crippen LogP contribution in [0, 0.1) is 0 Å². The highest BCUT2D eigenvalue weighted by Crippen LogP contribution is 2.29. The molecular weight excluding hydrogens is 325 g/mol. The van der Waals surface area contributed by atoms with Crippen LogP contribution in [0.4, 0.5) is 5.69 Å². The average Bonchev–Trinajstić information content (AvgIpc) is 2.52. The molecule has 0 aliphatic heterocycles. The number of hydrogen-bond donors (Lipinski definition) is 1. The highest BCUT2D eigenvalue weighted by atomic mass is 35.5. The Kier molecular flexibility index (Phi) is 5.52. The smallest absolute Gasteiger partial charge is 0.265 e. The zero-order valence-electron chi connectivity index (χ0n) is 12.1. The first-order valence-corrected chi connectivity index (χ1v) is 7.32. The predicted molar refractivity (Wildman–Crippen MR) is 88.2 cm³/mol. The molecule has 0 aliphatic rings. The van der Waals surface area contributed by atoms with Gasteiger partial charge in [-0.2, -0.15) is 0 Å². The number of ether oxygens (including phenoxy) is 2. The maximum absolute atomic E-state index is 12.2. The van der Waals surface area contributed by atoms with E-state index in [0.717, 1.165) is 0 Å². The molecule has 116 valence electrons. The van der Waals surface area contributed by atoms with Crippen molar-refractivity contribution in [3.8, 4) is 11.5 Å². The lowest BCUT2D eigenvalue weighted by molar-refractivity contribution is -0.122. The number of rotatable bonds is 5. The lowest BCUT2D eigenvalue weighted by atomic mass is 10.3. The van der Waals surface area contributed by atoms with E-state index in [-0.39, 0.29) is 5.91 Å². The number of benzene rings is 2. The first kappa shape index (κ1) is 16.5. The topological polar surface area (TPSA) is 47.6 Å². The van der Waals surface area contributed by atoms with Gasteiger partial charge in [-0.1, -0.05) is 35.3 Å². The van der Waals surface area contributed by atoms with Crippen molar-refractivity contribution in [1.82, 2.24) is 0 Å². The van der Waals surface area contributed by atoms with Crippen LogP contribution in [0.3, 0.4) is 0 Å². The summed E-state index contributed by atoms with van der Waals surface area (Å²) >= 11 is 11.9. The normalized spacial score (nSPS) is 11.6. The molecule has 0 bridgehead atoms. The third-order valence-electron chi connectivity index (χ3n) is 2.93. The quantitative estimate of drug-likeness (QED) is 0.877. The summed E-state index contributed by atoms with van der Waals surface area (Å²) < 4.78 is 10.7. The Labute approximate surface area is 138 Å². The first-order chi connectivity index (χ1) is 10.5. The largest absolute Gasteiger partial charge is 0.497 e. The first-order valence-electron chi connectivity index (χ1n) is 6.57. The minimum atomic E-state index is -0.706. The third-order valence-corrected chi connectivity index (χ3v) is 3.75. The fourth-order valence-corrected chi connectivity index (χ4v) is 2.11. The summed E-state index contributed by atoms with van der Waals surface area (Å²) in [7, 11) is 1.57. The van der Waals surface area contributed by atoms with E-state index in [4.69, 9.17) is 32.7 Å². The molecule has 0 radical (unpaired) electrons. The van der Waals surface area contributed by atoms with Gasteiger partial charge in [0.1, 0.15) is 11.5 Å². The van der Waals surface area contributed by atoms with Crippen molar-refractivity contribution < 1.29 is 14.3 Å². The Balaban J connectivity index is 2.04. The van der Waals surface area contributed by atoms with Gasteiger partial charge < -0.3 is 14.8 Å². The van der Waals surface area contributed by atoms with Crippen LogP contribution in [0.5, 0.6) is 11.5 Å². The van der Waals surface area contributed by atoms with Crippen molar-refractivity contribution in [2.75, 3.05) is 12.4 Å². The van der Waals surface area contributed by atoms with Crippen molar-refractivity contribution in [2.24, 2.45) is 0 Å². The maximum Gasteiger partial charge on any atom is 0.265 e. The van der Waals surface area contributed by atoms with Gasteiger partial charge in [0, 0.05) is 6.07 Å². The fourth-order valence-electron chi connectivity index (χ4n) is 1.77. The van der Waals surface area contributed by atoms with Gasteiger partial charge in [-0.15, -0.1) is 0 Å². The van der Waals surface area contributed by atoms with E-state index in [9.17, 15) is 4.79 Å². The number of methoxy groups -OCH3 is 1. The van der Waals surface area contributed by atoms with Gasteiger partial charge in [0.25, 0.3) is 5.91 Å². The predicted octanol–water partition coefficient (Wildman–Crippen LogP) is 4.41. The molecule has 0 aromatic heterocycles. The van der Waals surface area contributed by atoms with Gasteiger partial charge in [-0.3, -0.25) is 4.79 Å². The molecule has 1 atom stereocenters. The Morgan fingerprint density at radius 1 is 1.14 bits per heavy atom. The molecule has 0 spiro atoms.